The average molecular weight is 447 g/mol. The number of carbonyl (C=O) groups is 2. The number of nitrogens with two attached hydrogens (primary N) is 1. The lowest BCUT2D eigenvalue weighted by molar-refractivity contribution is -0.135. The topological polar surface area (TPSA) is 72.6 Å². The molecule has 1 aliphatic heterocycles. The molecule has 2 saturated carbocycles. The molecule has 2 aliphatic carbocycles. The number of benzene rings is 2. The normalized spacial score (nSPS) is 22.7. The van der Waals surface area contributed by atoms with Gasteiger partial charge in [0.25, 0.3) is 0 Å². The van der Waals surface area contributed by atoms with Crippen molar-refractivity contribution < 1.29 is 14.3 Å². The third-order valence-corrected chi connectivity index (χ3v) is 7.62. The molecular weight excluding hydrogens is 412 g/mol. The van der Waals surface area contributed by atoms with Gasteiger partial charge < -0.3 is 15.4 Å². The van der Waals surface area contributed by atoms with Gasteiger partial charge in [0, 0.05) is 13.1 Å². The zero-order valence-corrected chi connectivity index (χ0v) is 19.9. The molecule has 2 aromatic carbocycles. The highest BCUT2D eigenvalue weighted by atomic mass is 16.6. The summed E-state index contributed by atoms with van der Waals surface area (Å²) in [6.45, 7) is 7.30. The summed E-state index contributed by atoms with van der Waals surface area (Å²) in [6.07, 6.45) is 5.05. The summed E-state index contributed by atoms with van der Waals surface area (Å²) < 4.78 is 5.45. The molecule has 0 radical (unpaired) electrons. The minimum Gasteiger partial charge on any atom is -0.456 e. The maximum atomic E-state index is 12.5. The number of rotatable bonds is 4. The van der Waals surface area contributed by atoms with Crippen molar-refractivity contribution in [3.8, 4) is 11.1 Å². The quantitative estimate of drug-likeness (QED) is 0.678. The molecular formula is C28H34N2O3. The van der Waals surface area contributed by atoms with Crippen molar-refractivity contribution >= 4 is 11.9 Å². The van der Waals surface area contributed by atoms with Crippen LogP contribution in [0.15, 0.2) is 48.5 Å². The van der Waals surface area contributed by atoms with E-state index in [-0.39, 0.29) is 11.9 Å². The van der Waals surface area contributed by atoms with Crippen molar-refractivity contribution in [3.05, 3.63) is 59.7 Å². The van der Waals surface area contributed by atoms with Gasteiger partial charge in [-0.2, -0.15) is 0 Å². The number of esters is 1. The highest BCUT2D eigenvalue weighted by molar-refractivity contribution is 5.90. The Hall–Kier alpha value is -2.66. The van der Waals surface area contributed by atoms with Crippen LogP contribution in [0.25, 0.3) is 11.1 Å². The second-order valence-electron chi connectivity index (χ2n) is 11.3. The fraction of sp³-hybridized carbons (Fsp3) is 0.500. The molecule has 174 valence electrons. The Morgan fingerprint density at radius 3 is 1.97 bits per heavy atom. The molecule has 1 saturated heterocycles. The van der Waals surface area contributed by atoms with Gasteiger partial charge in [0.1, 0.15) is 5.60 Å². The third-order valence-electron chi connectivity index (χ3n) is 7.62. The molecule has 3 aliphatic rings. The number of ether oxygens (including phenoxy) is 1. The molecule has 1 spiro atoms. The lowest BCUT2D eigenvalue weighted by Crippen LogP contribution is -2.49. The van der Waals surface area contributed by atoms with Crippen LogP contribution in [0, 0.1) is 5.41 Å². The van der Waals surface area contributed by atoms with E-state index in [9.17, 15) is 9.59 Å². The van der Waals surface area contributed by atoms with Gasteiger partial charge in [-0.15, -0.1) is 0 Å². The SMILES string of the molecule is CC(C)(C)OC(=O)c1ccc(-c2ccc([C@H]3CC34CCN(C(=O)C3(N)CC3)CC4)cc2)cc1. The van der Waals surface area contributed by atoms with Crippen LogP contribution < -0.4 is 5.73 Å². The smallest absolute Gasteiger partial charge is 0.338 e. The van der Waals surface area contributed by atoms with E-state index in [1.807, 2.05) is 49.9 Å². The summed E-state index contributed by atoms with van der Waals surface area (Å²) >= 11 is 0. The molecule has 2 aromatic rings. The van der Waals surface area contributed by atoms with Crippen LogP contribution >= 0.6 is 0 Å². The fourth-order valence-corrected chi connectivity index (χ4v) is 5.23. The first-order valence-electron chi connectivity index (χ1n) is 12.1. The Balaban J connectivity index is 1.20. The van der Waals surface area contributed by atoms with E-state index in [0.29, 0.717) is 16.9 Å². The van der Waals surface area contributed by atoms with Crippen LogP contribution in [-0.4, -0.2) is 41.0 Å². The summed E-state index contributed by atoms with van der Waals surface area (Å²) in [6, 6.07) is 16.4. The number of piperidine rings is 1. The largest absolute Gasteiger partial charge is 0.456 e. The number of likely N-dealkylation sites (tertiary alicyclic amines) is 1. The Morgan fingerprint density at radius 2 is 1.45 bits per heavy atom. The molecule has 1 atom stereocenters. The molecule has 2 N–H and O–H groups in total. The van der Waals surface area contributed by atoms with Gasteiger partial charge in [0.2, 0.25) is 5.91 Å². The summed E-state index contributed by atoms with van der Waals surface area (Å²) in [5.74, 6) is 0.456. The van der Waals surface area contributed by atoms with Gasteiger partial charge in [-0.1, -0.05) is 36.4 Å². The summed E-state index contributed by atoms with van der Waals surface area (Å²) in [5, 5.41) is 0. The fourth-order valence-electron chi connectivity index (χ4n) is 5.23. The average Bonchev–Trinajstić information content (AvgIpc) is 3.70. The van der Waals surface area contributed by atoms with Gasteiger partial charge >= 0.3 is 5.97 Å². The number of hydrogen-bond donors (Lipinski definition) is 1. The van der Waals surface area contributed by atoms with E-state index >= 15 is 0 Å². The predicted molar refractivity (Wildman–Crippen MR) is 129 cm³/mol. The van der Waals surface area contributed by atoms with Gasteiger partial charge in [-0.3, -0.25) is 4.79 Å². The summed E-state index contributed by atoms with van der Waals surface area (Å²) in [4.78, 5) is 26.8. The Labute approximate surface area is 196 Å². The van der Waals surface area contributed by atoms with E-state index in [4.69, 9.17) is 10.5 Å². The first kappa shape index (κ1) is 22.1. The molecule has 5 rings (SSSR count). The van der Waals surface area contributed by atoms with Crippen LogP contribution in [0.4, 0.5) is 0 Å². The summed E-state index contributed by atoms with van der Waals surface area (Å²) in [7, 11) is 0. The Bertz CT molecular complexity index is 1050. The minimum atomic E-state index is -0.547. The number of carbonyl (C=O) groups excluding carboxylic acids is 2. The molecule has 1 heterocycles. The lowest BCUT2D eigenvalue weighted by Gasteiger charge is -2.34. The molecule has 33 heavy (non-hydrogen) atoms. The van der Waals surface area contributed by atoms with Crippen LogP contribution in [-0.2, 0) is 9.53 Å². The molecule has 1 amide bonds. The van der Waals surface area contributed by atoms with Crippen molar-refractivity contribution in [2.24, 2.45) is 11.1 Å². The predicted octanol–water partition coefficient (Wildman–Crippen LogP) is 4.90. The number of nitrogens with zero attached hydrogens (tertiary/aromatic N) is 1. The standard InChI is InChI=1S/C28H34N2O3/c1-26(2,3)33-24(31)22-10-6-20(7-11-22)19-4-8-21(9-5-19)23-18-27(23)14-16-30(17-15-27)25(32)28(29)12-13-28/h4-11,23H,12-18,29H2,1-3H3/t23-/m1/s1. The van der Waals surface area contributed by atoms with Gasteiger partial charge in [0.05, 0.1) is 11.1 Å². The second kappa shape index (κ2) is 7.69. The van der Waals surface area contributed by atoms with Crippen molar-refractivity contribution in [2.45, 2.75) is 69.9 Å². The van der Waals surface area contributed by atoms with Gasteiger partial charge in [-0.05, 0) is 93.0 Å². The maximum absolute atomic E-state index is 12.5. The van der Waals surface area contributed by atoms with Crippen molar-refractivity contribution in [1.29, 1.82) is 0 Å². The van der Waals surface area contributed by atoms with Crippen LogP contribution in [0.5, 0.6) is 0 Å². The van der Waals surface area contributed by atoms with Crippen LogP contribution in [0.3, 0.4) is 0 Å². The van der Waals surface area contributed by atoms with E-state index in [0.717, 1.165) is 49.9 Å². The van der Waals surface area contributed by atoms with E-state index in [1.54, 1.807) is 0 Å². The zero-order chi connectivity index (χ0) is 23.4. The molecule has 5 heteroatoms. The van der Waals surface area contributed by atoms with Crippen LogP contribution in [0.1, 0.15) is 74.7 Å². The first-order valence-corrected chi connectivity index (χ1v) is 12.1. The highest BCUT2D eigenvalue weighted by Gasteiger charge is 2.57. The third kappa shape index (κ3) is 4.43. The van der Waals surface area contributed by atoms with E-state index in [2.05, 4.69) is 24.3 Å². The number of hydrogen-bond acceptors (Lipinski definition) is 4. The van der Waals surface area contributed by atoms with E-state index < -0.39 is 11.1 Å². The second-order valence-corrected chi connectivity index (χ2v) is 11.3. The number of amides is 1. The lowest BCUT2D eigenvalue weighted by atomic mass is 9.88. The van der Waals surface area contributed by atoms with Gasteiger partial charge in [0.15, 0.2) is 0 Å². The molecule has 3 fully saturated rings. The molecule has 0 bridgehead atoms. The van der Waals surface area contributed by atoms with Crippen molar-refractivity contribution in [1.82, 2.24) is 4.90 Å². The molecule has 5 nitrogen and oxygen atoms in total. The highest BCUT2D eigenvalue weighted by Crippen LogP contribution is 2.65. The maximum Gasteiger partial charge on any atom is 0.338 e. The van der Waals surface area contributed by atoms with Gasteiger partial charge in [-0.25, -0.2) is 4.79 Å². The zero-order valence-electron chi connectivity index (χ0n) is 19.9. The Kier molecular flexibility index (Phi) is 5.16. The molecule has 0 aromatic heterocycles. The van der Waals surface area contributed by atoms with Crippen molar-refractivity contribution in [2.75, 3.05) is 13.1 Å². The Morgan fingerprint density at radius 1 is 0.909 bits per heavy atom. The van der Waals surface area contributed by atoms with Crippen LogP contribution in [0.2, 0.25) is 0 Å². The van der Waals surface area contributed by atoms with E-state index in [1.165, 1.54) is 12.0 Å². The monoisotopic (exact) mass is 446 g/mol. The minimum absolute atomic E-state index is 0.164. The summed E-state index contributed by atoms with van der Waals surface area (Å²) in [5.41, 5.74) is 9.62. The first-order chi connectivity index (χ1) is 15.6. The van der Waals surface area contributed by atoms with Crippen molar-refractivity contribution in [3.63, 3.8) is 0 Å². The molecule has 0 unspecified atom stereocenters.